The Labute approximate surface area is 195 Å². The van der Waals surface area contributed by atoms with E-state index in [1.807, 2.05) is 24.3 Å². The lowest BCUT2D eigenvalue weighted by atomic mass is 10.1. The summed E-state index contributed by atoms with van der Waals surface area (Å²) < 4.78 is 13.5. The summed E-state index contributed by atoms with van der Waals surface area (Å²) >= 11 is 7.55. The van der Waals surface area contributed by atoms with Crippen LogP contribution >= 0.6 is 35.3 Å². The lowest BCUT2D eigenvalue weighted by Gasteiger charge is -2.20. The number of aromatic nitrogens is 2. The monoisotopic (exact) mass is 480 g/mol. The molecule has 2 N–H and O–H groups in total. The molecule has 1 fully saturated rings. The first kappa shape index (κ1) is 22.0. The highest BCUT2D eigenvalue weighted by Crippen LogP contribution is 2.35. The Morgan fingerprint density at radius 1 is 1.29 bits per heavy atom. The Morgan fingerprint density at radius 2 is 2.16 bits per heavy atom. The van der Waals surface area contributed by atoms with Crippen molar-refractivity contribution in [1.82, 2.24) is 15.1 Å². The second-order valence-corrected chi connectivity index (χ2v) is 9.01. The number of rotatable bonds is 5. The quantitative estimate of drug-likeness (QED) is 0.558. The van der Waals surface area contributed by atoms with Crippen molar-refractivity contribution in [1.29, 1.82) is 0 Å². The van der Waals surface area contributed by atoms with E-state index in [4.69, 9.17) is 21.1 Å². The van der Waals surface area contributed by atoms with Crippen LogP contribution in [0.5, 0.6) is 11.5 Å². The van der Waals surface area contributed by atoms with Gasteiger partial charge >= 0.3 is 0 Å². The van der Waals surface area contributed by atoms with Crippen LogP contribution in [0.2, 0.25) is 4.34 Å². The number of hydrogen-bond acceptors (Lipinski definition) is 7. The lowest BCUT2D eigenvalue weighted by Crippen LogP contribution is -2.22. The SMILES string of the molecule is Cl.O=C(c1cccc2c1OCCO2)n1nc(C2CCCN2)cc1NCc1ccc(Cl)s1. The highest BCUT2D eigenvalue weighted by atomic mass is 35.5. The maximum Gasteiger partial charge on any atom is 0.283 e. The zero-order valence-corrected chi connectivity index (χ0v) is 19.0. The van der Waals surface area contributed by atoms with Crippen LogP contribution in [0.25, 0.3) is 0 Å². The fraction of sp³-hybridized carbons (Fsp3) is 0.333. The highest BCUT2D eigenvalue weighted by Gasteiger charge is 2.27. The second kappa shape index (κ2) is 9.48. The van der Waals surface area contributed by atoms with Crippen LogP contribution < -0.4 is 20.1 Å². The second-order valence-electron chi connectivity index (χ2n) is 7.21. The number of halogens is 2. The van der Waals surface area contributed by atoms with Gasteiger partial charge in [-0.2, -0.15) is 9.78 Å². The molecule has 2 aromatic heterocycles. The normalized spacial score (nSPS) is 17.3. The molecule has 0 saturated carbocycles. The van der Waals surface area contributed by atoms with Crippen molar-refractivity contribution in [2.75, 3.05) is 25.1 Å². The largest absolute Gasteiger partial charge is 0.486 e. The van der Waals surface area contributed by atoms with Crippen molar-refractivity contribution < 1.29 is 14.3 Å². The molecule has 0 amide bonds. The summed E-state index contributed by atoms with van der Waals surface area (Å²) in [7, 11) is 0. The topological polar surface area (TPSA) is 77.4 Å². The average molecular weight is 481 g/mol. The number of para-hydroxylation sites is 1. The van der Waals surface area contributed by atoms with Crippen molar-refractivity contribution in [3.63, 3.8) is 0 Å². The zero-order valence-electron chi connectivity index (χ0n) is 16.6. The number of anilines is 1. The predicted octanol–water partition coefficient (Wildman–Crippen LogP) is 4.52. The van der Waals surface area contributed by atoms with E-state index in [0.29, 0.717) is 42.6 Å². The summed E-state index contributed by atoms with van der Waals surface area (Å²) in [5, 5.41) is 11.5. The molecule has 1 aromatic carbocycles. The first-order chi connectivity index (χ1) is 14.7. The maximum absolute atomic E-state index is 13.5. The number of fused-ring (bicyclic) bond motifs is 1. The van der Waals surface area contributed by atoms with Crippen molar-refractivity contribution in [2.24, 2.45) is 0 Å². The number of nitrogens with zero attached hydrogens (tertiary/aromatic N) is 2. The zero-order chi connectivity index (χ0) is 20.5. The molecule has 4 heterocycles. The van der Waals surface area contributed by atoms with Crippen molar-refractivity contribution >= 4 is 47.1 Å². The summed E-state index contributed by atoms with van der Waals surface area (Å²) in [4.78, 5) is 14.5. The molecule has 1 saturated heterocycles. The van der Waals surface area contributed by atoms with E-state index in [1.54, 1.807) is 12.1 Å². The van der Waals surface area contributed by atoms with E-state index in [1.165, 1.54) is 16.0 Å². The predicted molar refractivity (Wildman–Crippen MR) is 123 cm³/mol. The first-order valence-electron chi connectivity index (χ1n) is 9.94. The van der Waals surface area contributed by atoms with E-state index in [2.05, 4.69) is 15.7 Å². The summed E-state index contributed by atoms with van der Waals surface area (Å²) in [6.45, 7) is 2.40. The minimum absolute atomic E-state index is 0. The third kappa shape index (κ3) is 4.52. The molecule has 3 aromatic rings. The Kier molecular flexibility index (Phi) is 6.71. The number of hydrogen-bond donors (Lipinski definition) is 2. The molecular weight excluding hydrogens is 459 g/mol. The van der Waals surface area contributed by atoms with Gasteiger partial charge in [-0.1, -0.05) is 17.7 Å². The van der Waals surface area contributed by atoms with Gasteiger partial charge in [0.25, 0.3) is 5.91 Å². The van der Waals surface area contributed by atoms with Crippen LogP contribution in [0, 0.1) is 0 Å². The molecule has 10 heteroatoms. The minimum Gasteiger partial charge on any atom is -0.486 e. The molecule has 0 bridgehead atoms. The summed E-state index contributed by atoms with van der Waals surface area (Å²) in [6, 6.07) is 11.3. The van der Waals surface area contributed by atoms with Crippen LogP contribution in [0.1, 0.15) is 39.8 Å². The molecule has 1 unspecified atom stereocenters. The van der Waals surface area contributed by atoms with E-state index in [-0.39, 0.29) is 24.4 Å². The standard InChI is InChI=1S/C21H21ClN4O3S.ClH/c22-18-7-6-13(30-18)12-24-19-11-16(15-4-2-8-23-15)25-26(19)21(27)14-3-1-5-17-20(14)29-10-9-28-17;/h1,3,5-7,11,15,23-24H,2,4,8-10,12H2;1H. The molecule has 0 aliphatic carbocycles. The van der Waals surface area contributed by atoms with E-state index >= 15 is 0 Å². The van der Waals surface area contributed by atoms with Gasteiger partial charge in [0.05, 0.1) is 28.2 Å². The fourth-order valence-corrected chi connectivity index (χ4v) is 4.80. The van der Waals surface area contributed by atoms with Gasteiger partial charge in [-0.05, 0) is 43.7 Å². The first-order valence-corrected chi connectivity index (χ1v) is 11.1. The van der Waals surface area contributed by atoms with Gasteiger partial charge in [-0.15, -0.1) is 23.7 Å². The third-order valence-electron chi connectivity index (χ3n) is 5.21. The molecular formula is C21H22Cl2N4O3S. The van der Waals surface area contributed by atoms with Gasteiger partial charge in [0, 0.05) is 10.9 Å². The molecule has 2 aliphatic heterocycles. The number of thiophene rings is 1. The van der Waals surface area contributed by atoms with Crippen LogP contribution in [0.4, 0.5) is 5.82 Å². The van der Waals surface area contributed by atoms with Gasteiger partial charge in [-0.3, -0.25) is 4.79 Å². The molecule has 1 atom stereocenters. The molecule has 5 rings (SSSR count). The molecule has 31 heavy (non-hydrogen) atoms. The molecule has 7 nitrogen and oxygen atoms in total. The summed E-state index contributed by atoms with van der Waals surface area (Å²) in [5.41, 5.74) is 1.29. The Morgan fingerprint density at radius 3 is 2.94 bits per heavy atom. The molecule has 0 spiro atoms. The molecule has 0 radical (unpaired) electrons. The van der Waals surface area contributed by atoms with Gasteiger partial charge in [0.1, 0.15) is 19.0 Å². The minimum atomic E-state index is -0.256. The van der Waals surface area contributed by atoms with Crippen LogP contribution in [-0.4, -0.2) is 35.4 Å². The number of benzene rings is 1. The smallest absolute Gasteiger partial charge is 0.283 e. The van der Waals surface area contributed by atoms with Crippen LogP contribution in [0.15, 0.2) is 36.4 Å². The molecule has 2 aliphatic rings. The average Bonchev–Trinajstić information content (AvgIpc) is 3.52. The maximum atomic E-state index is 13.5. The van der Waals surface area contributed by atoms with Crippen LogP contribution in [0.3, 0.4) is 0 Å². The van der Waals surface area contributed by atoms with Crippen molar-refractivity contribution in [3.05, 3.63) is 56.9 Å². The summed E-state index contributed by atoms with van der Waals surface area (Å²) in [5.74, 6) is 1.44. The fourth-order valence-electron chi connectivity index (χ4n) is 3.77. The Balaban J connectivity index is 0.00000231. The van der Waals surface area contributed by atoms with E-state index in [0.717, 1.165) is 34.3 Å². The van der Waals surface area contributed by atoms with Crippen molar-refractivity contribution in [2.45, 2.75) is 25.4 Å². The van der Waals surface area contributed by atoms with Crippen LogP contribution in [-0.2, 0) is 6.54 Å². The van der Waals surface area contributed by atoms with E-state index in [9.17, 15) is 4.79 Å². The van der Waals surface area contributed by atoms with E-state index < -0.39 is 0 Å². The number of nitrogens with one attached hydrogen (secondary N) is 2. The highest BCUT2D eigenvalue weighted by molar-refractivity contribution is 7.16. The van der Waals surface area contributed by atoms with Gasteiger partial charge in [0.2, 0.25) is 0 Å². The third-order valence-corrected chi connectivity index (χ3v) is 6.44. The number of carbonyl (C=O) groups excluding carboxylic acids is 1. The lowest BCUT2D eigenvalue weighted by molar-refractivity contribution is 0.0935. The van der Waals surface area contributed by atoms with Crippen molar-refractivity contribution in [3.8, 4) is 11.5 Å². The van der Waals surface area contributed by atoms with Gasteiger partial charge < -0.3 is 20.1 Å². The Bertz CT molecular complexity index is 1080. The Hall–Kier alpha value is -2.26. The number of ether oxygens (including phenoxy) is 2. The van der Waals surface area contributed by atoms with Gasteiger partial charge in [-0.25, -0.2) is 0 Å². The molecule has 164 valence electrons. The van der Waals surface area contributed by atoms with Gasteiger partial charge in [0.15, 0.2) is 11.5 Å². The number of carbonyl (C=O) groups is 1. The summed E-state index contributed by atoms with van der Waals surface area (Å²) in [6.07, 6.45) is 2.10.